The van der Waals surface area contributed by atoms with Crippen LogP contribution < -0.4 is 10.9 Å². The molecule has 1 saturated heterocycles. The van der Waals surface area contributed by atoms with Crippen LogP contribution >= 0.6 is 0 Å². The molecule has 2 nitrogen and oxygen atoms in total. The van der Waals surface area contributed by atoms with Crippen molar-refractivity contribution >= 4 is 0 Å². The summed E-state index contributed by atoms with van der Waals surface area (Å²) in [4.78, 5) is 0. The first-order valence-corrected chi connectivity index (χ1v) is 3.26. The zero-order chi connectivity index (χ0) is 5.98. The maximum atomic E-state index is 3.10. The van der Waals surface area contributed by atoms with Gasteiger partial charge in [-0.3, -0.25) is 10.9 Å². The normalized spacial score (nSPS) is 22.9. The molecule has 1 fully saturated rings. The van der Waals surface area contributed by atoms with Crippen LogP contribution in [0.25, 0.3) is 0 Å². The van der Waals surface area contributed by atoms with E-state index in [0.29, 0.717) is 0 Å². The zero-order valence-corrected chi connectivity index (χ0v) is 5.57. The maximum Gasteiger partial charge on any atom is 0.0143 e. The number of hydrazine groups is 1. The number of hydrogen-bond acceptors (Lipinski definition) is 2. The van der Waals surface area contributed by atoms with Crippen molar-refractivity contribution in [1.29, 1.82) is 0 Å². The van der Waals surface area contributed by atoms with Gasteiger partial charge in [0.2, 0.25) is 0 Å². The van der Waals surface area contributed by atoms with Crippen molar-refractivity contribution in [2.75, 3.05) is 13.1 Å². The van der Waals surface area contributed by atoms with Gasteiger partial charge in [0.1, 0.15) is 0 Å². The molecule has 1 rings (SSSR count). The van der Waals surface area contributed by atoms with E-state index in [4.69, 9.17) is 0 Å². The standard InChI is InChI=1S/C6H14N2/c1-5(2)6-3-7-8-4-6/h5-8H,3-4H2,1-2H3. The molecule has 1 heterocycles. The quantitative estimate of drug-likeness (QED) is 0.514. The molecule has 0 aromatic carbocycles. The molecule has 0 atom stereocenters. The third-order valence-corrected chi connectivity index (χ3v) is 1.80. The van der Waals surface area contributed by atoms with Gasteiger partial charge in [0.25, 0.3) is 0 Å². The minimum atomic E-state index is 0.817. The fourth-order valence-corrected chi connectivity index (χ4v) is 0.950. The fourth-order valence-electron chi connectivity index (χ4n) is 0.950. The van der Waals surface area contributed by atoms with E-state index in [9.17, 15) is 0 Å². The van der Waals surface area contributed by atoms with Crippen LogP contribution in [0.15, 0.2) is 0 Å². The SMILES string of the molecule is CC(C)C1CNNC1. The summed E-state index contributed by atoms with van der Waals surface area (Å²) in [7, 11) is 0. The fraction of sp³-hybridized carbons (Fsp3) is 1.00. The molecule has 0 saturated carbocycles. The molecule has 2 N–H and O–H groups in total. The minimum Gasteiger partial charge on any atom is -0.258 e. The Balaban J connectivity index is 2.24. The third kappa shape index (κ3) is 1.20. The topological polar surface area (TPSA) is 24.1 Å². The number of nitrogens with one attached hydrogen (secondary N) is 2. The Labute approximate surface area is 50.6 Å². The van der Waals surface area contributed by atoms with Crippen LogP contribution in [0.2, 0.25) is 0 Å². The first-order valence-electron chi connectivity index (χ1n) is 3.26. The van der Waals surface area contributed by atoms with Crippen LogP contribution in [-0.4, -0.2) is 13.1 Å². The molecule has 0 aromatic heterocycles. The van der Waals surface area contributed by atoms with Crippen molar-refractivity contribution in [3.05, 3.63) is 0 Å². The summed E-state index contributed by atoms with van der Waals surface area (Å²) in [6.07, 6.45) is 0. The molecule has 1 aliphatic heterocycles. The van der Waals surface area contributed by atoms with Gasteiger partial charge in [-0.15, -0.1) is 0 Å². The highest BCUT2D eigenvalue weighted by Gasteiger charge is 2.16. The van der Waals surface area contributed by atoms with Gasteiger partial charge in [-0.2, -0.15) is 0 Å². The molecule has 0 radical (unpaired) electrons. The lowest BCUT2D eigenvalue weighted by molar-refractivity contribution is 0.437. The van der Waals surface area contributed by atoms with Gasteiger partial charge in [-0.1, -0.05) is 13.8 Å². The molecule has 0 bridgehead atoms. The van der Waals surface area contributed by atoms with Gasteiger partial charge in [0.05, 0.1) is 0 Å². The lowest BCUT2D eigenvalue weighted by Crippen LogP contribution is -2.21. The van der Waals surface area contributed by atoms with Crippen LogP contribution in [0, 0.1) is 11.8 Å². The summed E-state index contributed by atoms with van der Waals surface area (Å²) in [6, 6.07) is 0. The van der Waals surface area contributed by atoms with E-state index in [2.05, 4.69) is 24.7 Å². The molecule has 0 spiro atoms. The highest BCUT2D eigenvalue weighted by Crippen LogP contribution is 2.09. The molecule has 0 aromatic rings. The Morgan fingerprint density at radius 2 is 1.75 bits per heavy atom. The molecule has 2 heteroatoms. The second kappa shape index (κ2) is 2.46. The lowest BCUT2D eigenvalue weighted by atomic mass is 9.98. The average Bonchev–Trinajstić information content (AvgIpc) is 2.12. The first-order chi connectivity index (χ1) is 3.80. The average molecular weight is 114 g/mol. The van der Waals surface area contributed by atoms with Crippen molar-refractivity contribution in [2.24, 2.45) is 11.8 Å². The van der Waals surface area contributed by atoms with Gasteiger partial charge in [-0.25, -0.2) is 0 Å². The molecule has 1 aliphatic rings. The summed E-state index contributed by atoms with van der Waals surface area (Å²) in [5.41, 5.74) is 6.21. The molecular weight excluding hydrogens is 100 g/mol. The van der Waals surface area contributed by atoms with Crippen LogP contribution in [0.5, 0.6) is 0 Å². The Morgan fingerprint density at radius 1 is 1.25 bits per heavy atom. The molecule has 8 heavy (non-hydrogen) atoms. The summed E-state index contributed by atoms with van der Waals surface area (Å²) in [6.45, 7) is 6.80. The van der Waals surface area contributed by atoms with E-state index in [1.54, 1.807) is 0 Å². The van der Waals surface area contributed by atoms with Crippen molar-refractivity contribution in [3.8, 4) is 0 Å². The van der Waals surface area contributed by atoms with E-state index in [-0.39, 0.29) is 0 Å². The summed E-state index contributed by atoms with van der Waals surface area (Å²) in [5.74, 6) is 1.66. The Morgan fingerprint density at radius 3 is 2.00 bits per heavy atom. The van der Waals surface area contributed by atoms with E-state index in [1.165, 1.54) is 0 Å². The third-order valence-electron chi connectivity index (χ3n) is 1.80. The second-order valence-electron chi connectivity index (χ2n) is 2.77. The predicted molar refractivity (Wildman–Crippen MR) is 34.3 cm³/mol. The predicted octanol–water partition coefficient (Wildman–Crippen LogP) is 0.366. The van der Waals surface area contributed by atoms with E-state index < -0.39 is 0 Å². The van der Waals surface area contributed by atoms with E-state index >= 15 is 0 Å². The largest absolute Gasteiger partial charge is 0.258 e. The number of hydrogen-bond donors (Lipinski definition) is 2. The molecule has 48 valence electrons. The molecule has 0 amide bonds. The van der Waals surface area contributed by atoms with Crippen molar-refractivity contribution in [2.45, 2.75) is 13.8 Å². The monoisotopic (exact) mass is 114 g/mol. The van der Waals surface area contributed by atoms with Crippen LogP contribution in [-0.2, 0) is 0 Å². The van der Waals surface area contributed by atoms with Crippen molar-refractivity contribution in [1.82, 2.24) is 10.9 Å². The number of rotatable bonds is 1. The lowest BCUT2D eigenvalue weighted by Gasteiger charge is -2.09. The Hall–Kier alpha value is -0.0800. The van der Waals surface area contributed by atoms with Crippen molar-refractivity contribution < 1.29 is 0 Å². The van der Waals surface area contributed by atoms with E-state index in [0.717, 1.165) is 24.9 Å². The molecular formula is C6H14N2. The second-order valence-corrected chi connectivity index (χ2v) is 2.77. The summed E-state index contributed by atoms with van der Waals surface area (Å²) in [5, 5.41) is 0. The van der Waals surface area contributed by atoms with E-state index in [1.807, 2.05) is 0 Å². The van der Waals surface area contributed by atoms with Gasteiger partial charge in [0.15, 0.2) is 0 Å². The van der Waals surface area contributed by atoms with Crippen molar-refractivity contribution in [3.63, 3.8) is 0 Å². The van der Waals surface area contributed by atoms with Gasteiger partial charge >= 0.3 is 0 Å². The summed E-state index contributed by atoms with van der Waals surface area (Å²) >= 11 is 0. The van der Waals surface area contributed by atoms with Crippen LogP contribution in [0.3, 0.4) is 0 Å². The Kier molecular flexibility index (Phi) is 1.86. The highest BCUT2D eigenvalue weighted by molar-refractivity contribution is 4.71. The first kappa shape index (κ1) is 6.05. The Bertz CT molecular complexity index is 64.9. The zero-order valence-electron chi connectivity index (χ0n) is 5.57. The summed E-state index contributed by atoms with van der Waals surface area (Å²) < 4.78 is 0. The van der Waals surface area contributed by atoms with Crippen LogP contribution in [0.4, 0.5) is 0 Å². The van der Waals surface area contributed by atoms with Crippen LogP contribution in [0.1, 0.15) is 13.8 Å². The molecule has 0 aliphatic carbocycles. The van der Waals surface area contributed by atoms with Gasteiger partial charge < -0.3 is 0 Å². The minimum absolute atomic E-state index is 0.817. The maximum absolute atomic E-state index is 3.10. The molecule has 0 unspecified atom stereocenters. The van der Waals surface area contributed by atoms with Gasteiger partial charge in [0, 0.05) is 13.1 Å². The highest BCUT2D eigenvalue weighted by atomic mass is 15.4. The van der Waals surface area contributed by atoms with Gasteiger partial charge in [-0.05, 0) is 11.8 Å². The smallest absolute Gasteiger partial charge is 0.0143 e.